The van der Waals surface area contributed by atoms with Crippen LogP contribution in [0, 0.1) is 5.92 Å². The summed E-state index contributed by atoms with van der Waals surface area (Å²) in [4.78, 5) is 12.3. The molecule has 4 nitrogen and oxygen atoms in total. The molecule has 2 rings (SSSR count). The van der Waals surface area contributed by atoms with Gasteiger partial charge in [-0.2, -0.15) is 0 Å². The largest absolute Gasteiger partial charge is 0.348 e. The molecule has 0 fully saturated rings. The lowest BCUT2D eigenvalue weighted by Gasteiger charge is -2.23. The number of nitrogens with one attached hydrogen (secondary N) is 1. The van der Waals surface area contributed by atoms with Crippen molar-refractivity contribution in [2.75, 3.05) is 11.5 Å². The molecule has 1 amide bonds. The Morgan fingerprint density at radius 1 is 1.04 bits per heavy atom. The molecule has 1 atom stereocenters. The molecule has 0 heterocycles. The third-order valence-corrected chi connectivity index (χ3v) is 6.19. The van der Waals surface area contributed by atoms with Gasteiger partial charge in [-0.25, -0.2) is 8.42 Å². The molecule has 0 saturated heterocycles. The lowest BCUT2D eigenvalue weighted by Crippen LogP contribution is -2.36. The second-order valence-electron chi connectivity index (χ2n) is 7.02. The van der Waals surface area contributed by atoms with Crippen molar-refractivity contribution >= 4 is 27.3 Å². The molecule has 0 saturated carbocycles. The van der Waals surface area contributed by atoms with E-state index in [0.29, 0.717) is 17.9 Å². The van der Waals surface area contributed by atoms with Crippen molar-refractivity contribution in [2.45, 2.75) is 32.7 Å². The van der Waals surface area contributed by atoms with Gasteiger partial charge in [-0.3, -0.25) is 4.79 Å². The highest BCUT2D eigenvalue weighted by atomic mass is 35.5. The van der Waals surface area contributed by atoms with E-state index in [4.69, 9.17) is 11.6 Å². The van der Waals surface area contributed by atoms with E-state index in [-0.39, 0.29) is 17.7 Å². The van der Waals surface area contributed by atoms with Crippen molar-refractivity contribution in [3.63, 3.8) is 0 Å². The summed E-state index contributed by atoms with van der Waals surface area (Å²) in [7, 11) is -3.44. The number of benzene rings is 2. The van der Waals surface area contributed by atoms with Crippen molar-refractivity contribution in [2.24, 2.45) is 5.92 Å². The molecular formula is C21H26ClNO3S. The lowest BCUT2D eigenvalue weighted by atomic mass is 9.96. The monoisotopic (exact) mass is 407 g/mol. The fourth-order valence-electron chi connectivity index (χ4n) is 2.93. The molecule has 0 aliphatic carbocycles. The molecule has 1 unspecified atom stereocenters. The van der Waals surface area contributed by atoms with Gasteiger partial charge in [0.2, 0.25) is 5.91 Å². The predicted octanol–water partition coefficient (Wildman–Crippen LogP) is 4.20. The Labute approximate surface area is 166 Å². The Hall–Kier alpha value is -1.85. The van der Waals surface area contributed by atoms with Crippen LogP contribution in [0.25, 0.3) is 0 Å². The first-order chi connectivity index (χ1) is 12.8. The van der Waals surface area contributed by atoms with Crippen LogP contribution in [0.1, 0.15) is 37.4 Å². The molecule has 2 aromatic rings. The first-order valence-electron chi connectivity index (χ1n) is 9.06. The minimum absolute atomic E-state index is 0.00258. The number of carbonyl (C=O) groups is 1. The van der Waals surface area contributed by atoms with Gasteiger partial charge in [-0.05, 0) is 42.0 Å². The van der Waals surface area contributed by atoms with E-state index in [1.54, 1.807) is 12.1 Å². The molecule has 0 aliphatic rings. The van der Waals surface area contributed by atoms with Gasteiger partial charge < -0.3 is 5.32 Å². The second-order valence-corrected chi connectivity index (χ2v) is 9.64. The molecule has 27 heavy (non-hydrogen) atoms. The quantitative estimate of drug-likeness (QED) is 0.677. The Balaban J connectivity index is 1.90. The van der Waals surface area contributed by atoms with Gasteiger partial charge >= 0.3 is 0 Å². The van der Waals surface area contributed by atoms with Crippen molar-refractivity contribution in [3.05, 3.63) is 70.7 Å². The van der Waals surface area contributed by atoms with Gasteiger partial charge in [-0.1, -0.05) is 67.9 Å². The Morgan fingerprint density at radius 3 is 2.26 bits per heavy atom. The average molecular weight is 408 g/mol. The first-order valence-corrected chi connectivity index (χ1v) is 11.3. The van der Waals surface area contributed by atoms with Gasteiger partial charge in [0.1, 0.15) is 5.75 Å². The van der Waals surface area contributed by atoms with E-state index in [1.165, 1.54) is 0 Å². The van der Waals surface area contributed by atoms with Gasteiger partial charge in [0.15, 0.2) is 9.84 Å². The molecule has 0 bridgehead atoms. The summed E-state index contributed by atoms with van der Waals surface area (Å²) in [5.74, 6) is -0.833. The Bertz CT molecular complexity index is 833. The molecule has 1 N–H and O–H groups in total. The SMILES string of the molecule is CC(C)C(NC(=O)CS(=O)(=O)CCCc1ccccc1)c1ccc(Cl)cc1. The maximum Gasteiger partial charge on any atom is 0.235 e. The molecule has 0 aliphatic heterocycles. The third-order valence-electron chi connectivity index (χ3n) is 4.33. The molecule has 6 heteroatoms. The number of sulfone groups is 1. The zero-order chi connectivity index (χ0) is 19.9. The lowest BCUT2D eigenvalue weighted by molar-refractivity contribution is -0.119. The van der Waals surface area contributed by atoms with Crippen LogP contribution in [0.2, 0.25) is 5.02 Å². The second kappa shape index (κ2) is 9.90. The number of aryl methyl sites for hydroxylation is 1. The highest BCUT2D eigenvalue weighted by Crippen LogP contribution is 2.23. The van der Waals surface area contributed by atoms with Crippen LogP contribution in [0.15, 0.2) is 54.6 Å². The van der Waals surface area contributed by atoms with Crippen LogP contribution >= 0.6 is 11.6 Å². The number of hydrogen-bond donors (Lipinski definition) is 1. The number of hydrogen-bond acceptors (Lipinski definition) is 3. The summed E-state index contributed by atoms with van der Waals surface area (Å²) in [5.41, 5.74) is 2.00. The summed E-state index contributed by atoms with van der Waals surface area (Å²) in [6.07, 6.45) is 1.19. The summed E-state index contributed by atoms with van der Waals surface area (Å²) >= 11 is 5.91. The Morgan fingerprint density at radius 2 is 1.67 bits per heavy atom. The summed E-state index contributed by atoms with van der Waals surface area (Å²) in [6.45, 7) is 3.96. The van der Waals surface area contributed by atoms with Gasteiger partial charge in [0.25, 0.3) is 0 Å². The fraction of sp³-hybridized carbons (Fsp3) is 0.381. The number of carbonyl (C=O) groups excluding carboxylic acids is 1. The standard InChI is InChI=1S/C21H26ClNO3S/c1-16(2)21(18-10-12-19(22)13-11-18)23-20(24)15-27(25,26)14-6-9-17-7-4-3-5-8-17/h3-5,7-8,10-13,16,21H,6,9,14-15H2,1-2H3,(H,23,24). The zero-order valence-corrected chi connectivity index (χ0v) is 17.3. The minimum atomic E-state index is -3.44. The summed E-state index contributed by atoms with van der Waals surface area (Å²) < 4.78 is 24.6. The third kappa shape index (κ3) is 7.35. The van der Waals surface area contributed by atoms with E-state index in [1.807, 2.05) is 56.3 Å². The summed E-state index contributed by atoms with van der Waals surface area (Å²) in [5, 5.41) is 3.47. The van der Waals surface area contributed by atoms with Gasteiger partial charge in [-0.15, -0.1) is 0 Å². The predicted molar refractivity (Wildman–Crippen MR) is 111 cm³/mol. The van der Waals surface area contributed by atoms with Crippen LogP contribution in [-0.4, -0.2) is 25.8 Å². The van der Waals surface area contributed by atoms with E-state index < -0.39 is 21.5 Å². The van der Waals surface area contributed by atoms with Crippen molar-refractivity contribution in [1.29, 1.82) is 0 Å². The van der Waals surface area contributed by atoms with Crippen LogP contribution in [0.5, 0.6) is 0 Å². The van der Waals surface area contributed by atoms with E-state index >= 15 is 0 Å². The van der Waals surface area contributed by atoms with E-state index in [0.717, 1.165) is 11.1 Å². The topological polar surface area (TPSA) is 63.2 Å². The molecule has 0 radical (unpaired) electrons. The van der Waals surface area contributed by atoms with E-state index in [2.05, 4.69) is 5.32 Å². The maximum atomic E-state index is 12.3. The molecule has 0 aromatic heterocycles. The Kier molecular flexibility index (Phi) is 7.87. The van der Waals surface area contributed by atoms with Crippen LogP contribution < -0.4 is 5.32 Å². The number of rotatable bonds is 9. The van der Waals surface area contributed by atoms with Crippen LogP contribution in [0.3, 0.4) is 0 Å². The molecular weight excluding hydrogens is 382 g/mol. The van der Waals surface area contributed by atoms with Crippen LogP contribution in [-0.2, 0) is 21.1 Å². The highest BCUT2D eigenvalue weighted by Gasteiger charge is 2.22. The minimum Gasteiger partial charge on any atom is -0.348 e. The summed E-state index contributed by atoms with van der Waals surface area (Å²) in [6, 6.07) is 16.7. The molecule has 0 spiro atoms. The van der Waals surface area contributed by atoms with Crippen molar-refractivity contribution in [1.82, 2.24) is 5.32 Å². The van der Waals surface area contributed by atoms with Gasteiger partial charge in [0.05, 0.1) is 11.8 Å². The molecule has 146 valence electrons. The van der Waals surface area contributed by atoms with Crippen LogP contribution in [0.4, 0.5) is 0 Å². The molecule has 2 aromatic carbocycles. The highest BCUT2D eigenvalue weighted by molar-refractivity contribution is 7.92. The zero-order valence-electron chi connectivity index (χ0n) is 15.7. The smallest absolute Gasteiger partial charge is 0.235 e. The maximum absolute atomic E-state index is 12.3. The van der Waals surface area contributed by atoms with Crippen molar-refractivity contribution in [3.8, 4) is 0 Å². The normalized spacial score (nSPS) is 12.7. The first kappa shape index (κ1) is 21.5. The van der Waals surface area contributed by atoms with E-state index in [9.17, 15) is 13.2 Å². The van der Waals surface area contributed by atoms with Crippen molar-refractivity contribution < 1.29 is 13.2 Å². The number of amides is 1. The fourth-order valence-corrected chi connectivity index (χ4v) is 4.27. The number of halogens is 1. The van der Waals surface area contributed by atoms with Gasteiger partial charge in [0, 0.05) is 5.02 Å². The average Bonchev–Trinajstić information content (AvgIpc) is 2.60.